The molecule has 160 valence electrons. The van der Waals surface area contributed by atoms with Crippen LogP contribution in [0.15, 0.2) is 42.5 Å². The molecule has 0 atom stereocenters. The van der Waals surface area contributed by atoms with Crippen LogP contribution in [0.3, 0.4) is 0 Å². The average Bonchev–Trinajstić information content (AvgIpc) is 2.71. The van der Waals surface area contributed by atoms with Gasteiger partial charge in [-0.15, -0.1) is 0 Å². The molecule has 3 amide bonds. The average molecular weight is 459 g/mol. The highest BCUT2D eigenvalue weighted by molar-refractivity contribution is 6.40. The zero-order valence-electron chi connectivity index (χ0n) is 17.0. The summed E-state index contributed by atoms with van der Waals surface area (Å²) in [5.41, 5.74) is 1.89. The molecule has 0 spiro atoms. The van der Waals surface area contributed by atoms with E-state index in [-0.39, 0.29) is 0 Å². The number of nitrogens with one attached hydrogen (secondary N) is 4. The van der Waals surface area contributed by atoms with E-state index in [1.807, 2.05) is 6.92 Å². The Balaban J connectivity index is 1.75. The Morgan fingerprint density at radius 3 is 2.23 bits per heavy atom. The van der Waals surface area contributed by atoms with Crippen LogP contribution >= 0.6 is 23.2 Å². The molecule has 1 heterocycles. The van der Waals surface area contributed by atoms with Gasteiger partial charge in [-0.25, -0.2) is 14.8 Å². The minimum atomic E-state index is -0.505. The lowest BCUT2D eigenvalue weighted by Crippen LogP contribution is -2.21. The van der Waals surface area contributed by atoms with Crippen molar-refractivity contribution in [1.82, 2.24) is 9.97 Å². The first kappa shape index (κ1) is 22.3. The second-order valence-electron chi connectivity index (χ2n) is 6.60. The number of carbonyl (C=O) groups excluding carboxylic acids is 2. The highest BCUT2D eigenvalue weighted by Gasteiger charge is 2.14. The van der Waals surface area contributed by atoms with Gasteiger partial charge in [-0.05, 0) is 43.7 Å². The SMILES string of the molecule is CNc1cc(NC(=O)Nc2cc(C(=O)Nc3c(Cl)cccc3Cl)ccc2C)nc(C)n1. The van der Waals surface area contributed by atoms with Gasteiger partial charge in [0.25, 0.3) is 5.91 Å². The molecule has 10 heteroatoms. The number of nitrogens with zero attached hydrogens (tertiary/aromatic N) is 2. The second kappa shape index (κ2) is 9.63. The van der Waals surface area contributed by atoms with Gasteiger partial charge in [-0.1, -0.05) is 35.3 Å². The molecule has 0 aliphatic carbocycles. The van der Waals surface area contributed by atoms with Gasteiger partial charge in [0, 0.05) is 24.4 Å². The molecule has 0 saturated heterocycles. The van der Waals surface area contributed by atoms with E-state index in [0.717, 1.165) is 5.56 Å². The molecule has 1 aromatic heterocycles. The first-order chi connectivity index (χ1) is 14.8. The zero-order valence-corrected chi connectivity index (χ0v) is 18.5. The molecule has 0 radical (unpaired) electrons. The van der Waals surface area contributed by atoms with Crippen LogP contribution in [0.25, 0.3) is 0 Å². The largest absolute Gasteiger partial charge is 0.373 e. The molecule has 4 N–H and O–H groups in total. The topological polar surface area (TPSA) is 108 Å². The van der Waals surface area contributed by atoms with Crippen LogP contribution in [0.4, 0.5) is 27.8 Å². The number of carbonyl (C=O) groups is 2. The molecule has 0 bridgehead atoms. The molecule has 0 saturated carbocycles. The summed E-state index contributed by atoms with van der Waals surface area (Å²) in [7, 11) is 1.72. The number of aryl methyl sites for hydroxylation is 2. The molecule has 0 unspecified atom stereocenters. The number of halogens is 2. The first-order valence-electron chi connectivity index (χ1n) is 9.24. The summed E-state index contributed by atoms with van der Waals surface area (Å²) < 4.78 is 0. The van der Waals surface area contributed by atoms with Crippen LogP contribution in [0.2, 0.25) is 10.0 Å². The first-order valence-corrected chi connectivity index (χ1v) is 10.00. The van der Waals surface area contributed by atoms with Crippen LogP contribution in [0, 0.1) is 13.8 Å². The maximum Gasteiger partial charge on any atom is 0.324 e. The number of aromatic nitrogens is 2. The minimum Gasteiger partial charge on any atom is -0.373 e. The third-order valence-electron chi connectivity index (χ3n) is 4.28. The number of hydrogen-bond donors (Lipinski definition) is 4. The molecule has 2 aromatic carbocycles. The summed E-state index contributed by atoms with van der Waals surface area (Å²) in [6.45, 7) is 3.54. The monoisotopic (exact) mass is 458 g/mol. The van der Waals surface area contributed by atoms with E-state index in [9.17, 15) is 9.59 Å². The molecule has 3 rings (SSSR count). The van der Waals surface area contributed by atoms with Crippen molar-refractivity contribution in [2.45, 2.75) is 13.8 Å². The second-order valence-corrected chi connectivity index (χ2v) is 7.41. The lowest BCUT2D eigenvalue weighted by molar-refractivity contribution is 0.102. The normalized spacial score (nSPS) is 10.4. The van der Waals surface area contributed by atoms with Crippen LogP contribution < -0.4 is 21.3 Å². The Hall–Kier alpha value is -3.36. The van der Waals surface area contributed by atoms with E-state index in [1.165, 1.54) is 0 Å². The third-order valence-corrected chi connectivity index (χ3v) is 4.91. The van der Waals surface area contributed by atoms with Gasteiger partial charge < -0.3 is 16.0 Å². The van der Waals surface area contributed by atoms with E-state index < -0.39 is 11.9 Å². The number of para-hydroxylation sites is 1. The number of hydrogen-bond acceptors (Lipinski definition) is 5. The van der Waals surface area contributed by atoms with Gasteiger partial charge in [-0.2, -0.15) is 0 Å². The summed E-state index contributed by atoms with van der Waals surface area (Å²) in [6, 6.07) is 11.0. The van der Waals surface area contributed by atoms with Gasteiger partial charge in [-0.3, -0.25) is 10.1 Å². The Labute approximate surface area is 189 Å². The Morgan fingerprint density at radius 1 is 0.871 bits per heavy atom. The fraction of sp³-hybridized carbons (Fsp3) is 0.143. The summed E-state index contributed by atoms with van der Waals surface area (Å²) in [5, 5.41) is 11.6. The fourth-order valence-corrected chi connectivity index (χ4v) is 3.22. The van der Waals surface area contributed by atoms with Crippen LogP contribution in [0.5, 0.6) is 0 Å². The van der Waals surface area contributed by atoms with E-state index in [1.54, 1.807) is 56.4 Å². The maximum absolute atomic E-state index is 12.7. The van der Waals surface area contributed by atoms with Gasteiger partial charge in [0.2, 0.25) is 0 Å². The maximum atomic E-state index is 12.7. The number of benzene rings is 2. The van der Waals surface area contributed by atoms with Gasteiger partial charge in [0.15, 0.2) is 0 Å². The quantitative estimate of drug-likeness (QED) is 0.412. The van der Waals surface area contributed by atoms with Crippen molar-refractivity contribution in [3.63, 3.8) is 0 Å². The minimum absolute atomic E-state index is 0.322. The fourth-order valence-electron chi connectivity index (χ4n) is 2.73. The summed E-state index contributed by atoms with van der Waals surface area (Å²) in [6.07, 6.45) is 0. The van der Waals surface area contributed by atoms with Crippen molar-refractivity contribution >= 4 is 58.2 Å². The molecule has 0 fully saturated rings. The van der Waals surface area contributed by atoms with Crippen molar-refractivity contribution in [3.8, 4) is 0 Å². The Kier molecular flexibility index (Phi) is 6.94. The van der Waals surface area contributed by atoms with Gasteiger partial charge >= 0.3 is 6.03 Å². The highest BCUT2D eigenvalue weighted by atomic mass is 35.5. The molecule has 0 aliphatic heterocycles. The van der Waals surface area contributed by atoms with Gasteiger partial charge in [0.1, 0.15) is 17.5 Å². The summed E-state index contributed by atoms with van der Waals surface area (Å²) >= 11 is 12.2. The van der Waals surface area contributed by atoms with Gasteiger partial charge in [0.05, 0.1) is 15.7 Å². The smallest absolute Gasteiger partial charge is 0.324 e. The zero-order chi connectivity index (χ0) is 22.5. The molecule has 31 heavy (non-hydrogen) atoms. The van der Waals surface area contributed by atoms with Crippen LogP contribution in [0.1, 0.15) is 21.7 Å². The Morgan fingerprint density at radius 2 is 1.55 bits per heavy atom. The summed E-state index contributed by atoms with van der Waals surface area (Å²) in [4.78, 5) is 33.5. The van der Waals surface area contributed by atoms with Crippen molar-refractivity contribution in [2.24, 2.45) is 0 Å². The van der Waals surface area contributed by atoms with E-state index in [2.05, 4.69) is 31.2 Å². The van der Waals surface area contributed by atoms with E-state index in [4.69, 9.17) is 23.2 Å². The molecule has 8 nitrogen and oxygen atoms in total. The van der Waals surface area contributed by atoms with E-state index >= 15 is 0 Å². The summed E-state index contributed by atoms with van der Waals surface area (Å²) in [5.74, 6) is 1.02. The number of rotatable bonds is 5. The van der Waals surface area contributed by atoms with Crippen molar-refractivity contribution < 1.29 is 9.59 Å². The number of anilines is 4. The van der Waals surface area contributed by atoms with Crippen molar-refractivity contribution in [1.29, 1.82) is 0 Å². The van der Waals surface area contributed by atoms with Crippen molar-refractivity contribution in [3.05, 3.63) is 69.5 Å². The molecule has 3 aromatic rings. The van der Waals surface area contributed by atoms with Crippen LogP contribution in [-0.2, 0) is 0 Å². The predicted octanol–water partition coefficient (Wildman–Crippen LogP) is 5.34. The lowest BCUT2D eigenvalue weighted by Gasteiger charge is -2.13. The predicted molar refractivity (Wildman–Crippen MR) is 125 cm³/mol. The highest BCUT2D eigenvalue weighted by Crippen LogP contribution is 2.30. The standard InChI is InChI=1S/C21H20Cl2N6O2/c1-11-7-8-13(20(30)29-19-14(22)5-4-6-15(19)23)9-16(11)27-21(31)28-18-10-17(24-3)25-12(2)26-18/h4-10H,1-3H3,(H,29,30)(H3,24,25,26,27,28,31). The van der Waals surface area contributed by atoms with E-state index in [0.29, 0.717) is 44.4 Å². The van der Waals surface area contributed by atoms with Crippen molar-refractivity contribution in [2.75, 3.05) is 28.3 Å². The molecule has 0 aliphatic rings. The number of amides is 3. The number of urea groups is 1. The Bertz CT molecular complexity index is 1130. The molecular formula is C21H20Cl2N6O2. The van der Waals surface area contributed by atoms with Crippen LogP contribution in [-0.4, -0.2) is 29.0 Å². The lowest BCUT2D eigenvalue weighted by atomic mass is 10.1. The third kappa shape index (κ3) is 5.62. The molecular weight excluding hydrogens is 439 g/mol.